The first kappa shape index (κ1) is 23.1. The Balaban J connectivity index is 1.81. The van der Waals surface area contributed by atoms with Crippen LogP contribution in [0.2, 0.25) is 0 Å². The van der Waals surface area contributed by atoms with E-state index in [1.54, 1.807) is 0 Å². The molecule has 2 saturated heterocycles. The Bertz CT molecular complexity index is 425. The van der Waals surface area contributed by atoms with Gasteiger partial charge in [0.05, 0.1) is 0 Å². The van der Waals surface area contributed by atoms with Gasteiger partial charge < -0.3 is 0 Å². The van der Waals surface area contributed by atoms with Crippen LogP contribution in [0.25, 0.3) is 0 Å². The molecule has 0 aromatic carbocycles. The topological polar surface area (TPSA) is 13.0 Å². The summed E-state index contributed by atoms with van der Waals surface area (Å²) in [5.74, 6) is 0. The van der Waals surface area contributed by atoms with Crippen molar-refractivity contribution in [2.45, 2.75) is 111 Å². The molecule has 4 atom stereocenters. The van der Waals surface area contributed by atoms with Crippen LogP contribution < -0.4 is 0 Å². The summed E-state index contributed by atoms with van der Waals surface area (Å²) in [7, 11) is 0. The first-order valence-electron chi connectivity index (χ1n) is 11.7. The molecule has 0 radical (unpaired) electrons. The van der Waals surface area contributed by atoms with E-state index in [1.807, 2.05) is 0 Å². The third-order valence-corrected chi connectivity index (χ3v) is 7.34. The van der Waals surface area contributed by atoms with E-state index in [0.717, 1.165) is 6.04 Å². The van der Waals surface area contributed by atoms with E-state index < -0.39 is 0 Å². The zero-order valence-electron chi connectivity index (χ0n) is 19.6. The van der Waals surface area contributed by atoms with Crippen LogP contribution in [0.15, 0.2) is 0 Å². The first-order valence-corrected chi connectivity index (χ1v) is 11.7. The minimum Gasteiger partial charge on any atom is -0.298 e. The van der Waals surface area contributed by atoms with Gasteiger partial charge in [0.15, 0.2) is 0 Å². The second kappa shape index (κ2) is 10.6. The molecule has 0 amide bonds. The van der Waals surface area contributed by atoms with Gasteiger partial charge in [0.1, 0.15) is 0 Å². The predicted molar refractivity (Wildman–Crippen MR) is 119 cm³/mol. The fraction of sp³-hybridized carbons (Fsp3) is 1.00. The number of hydrogen-bond donors (Lipinski definition) is 0. The van der Waals surface area contributed by atoms with Gasteiger partial charge in [-0.3, -0.25) is 19.6 Å². The molecule has 2 heterocycles. The summed E-state index contributed by atoms with van der Waals surface area (Å²) in [6.07, 6.45) is 3.93. The third kappa shape index (κ3) is 6.16. The minimum atomic E-state index is 0.681. The second-order valence-electron chi connectivity index (χ2n) is 9.84. The molecule has 2 aliphatic heterocycles. The fourth-order valence-corrected chi connectivity index (χ4v) is 5.24. The summed E-state index contributed by atoms with van der Waals surface area (Å²) >= 11 is 0. The summed E-state index contributed by atoms with van der Waals surface area (Å²) < 4.78 is 0. The number of hydrogen-bond acceptors (Lipinski definition) is 4. The van der Waals surface area contributed by atoms with Crippen molar-refractivity contribution in [3.8, 4) is 0 Å². The van der Waals surface area contributed by atoms with Gasteiger partial charge >= 0.3 is 0 Å². The van der Waals surface area contributed by atoms with Crippen molar-refractivity contribution in [3.05, 3.63) is 0 Å². The molecule has 4 nitrogen and oxygen atoms in total. The number of piperazine rings is 2. The zero-order chi connectivity index (χ0) is 20.1. The monoisotopic (exact) mass is 380 g/mol. The molecular formula is C23H48N4. The van der Waals surface area contributed by atoms with E-state index in [-0.39, 0.29) is 0 Å². The summed E-state index contributed by atoms with van der Waals surface area (Å²) in [5, 5.41) is 0. The molecule has 0 bridgehead atoms. The lowest BCUT2D eigenvalue weighted by Crippen LogP contribution is -2.58. The smallest absolute Gasteiger partial charge is 0.0224 e. The molecule has 0 N–H and O–H groups in total. The summed E-state index contributed by atoms with van der Waals surface area (Å²) in [5.41, 5.74) is 0. The molecule has 2 aliphatic rings. The quantitative estimate of drug-likeness (QED) is 0.635. The van der Waals surface area contributed by atoms with E-state index in [4.69, 9.17) is 0 Å². The lowest BCUT2D eigenvalue weighted by Gasteiger charge is -2.47. The van der Waals surface area contributed by atoms with E-state index in [2.05, 4.69) is 75.0 Å². The highest BCUT2D eigenvalue weighted by Gasteiger charge is 2.31. The SMILES string of the molecule is CCC1CN(C(C)C)CCN1C(C)CCC(C)N1CCN(C(C)C)CC1C. The molecule has 2 fully saturated rings. The van der Waals surface area contributed by atoms with Gasteiger partial charge in [-0.25, -0.2) is 0 Å². The summed E-state index contributed by atoms with van der Waals surface area (Å²) in [6.45, 7) is 26.5. The van der Waals surface area contributed by atoms with Crippen molar-refractivity contribution in [3.63, 3.8) is 0 Å². The zero-order valence-corrected chi connectivity index (χ0v) is 19.6. The van der Waals surface area contributed by atoms with Crippen LogP contribution in [0, 0.1) is 0 Å². The second-order valence-corrected chi connectivity index (χ2v) is 9.84. The molecule has 0 saturated carbocycles. The Morgan fingerprint density at radius 1 is 0.704 bits per heavy atom. The van der Waals surface area contributed by atoms with Crippen LogP contribution in [0.4, 0.5) is 0 Å². The highest BCUT2D eigenvalue weighted by Crippen LogP contribution is 2.23. The van der Waals surface area contributed by atoms with Crippen molar-refractivity contribution >= 4 is 0 Å². The van der Waals surface area contributed by atoms with Gasteiger partial charge in [-0.2, -0.15) is 0 Å². The van der Waals surface area contributed by atoms with Crippen molar-refractivity contribution in [1.82, 2.24) is 19.6 Å². The van der Waals surface area contributed by atoms with Gasteiger partial charge in [-0.15, -0.1) is 0 Å². The Morgan fingerprint density at radius 2 is 1.19 bits per heavy atom. The molecule has 0 aliphatic carbocycles. The van der Waals surface area contributed by atoms with E-state index in [1.165, 1.54) is 58.5 Å². The maximum Gasteiger partial charge on any atom is 0.0224 e. The van der Waals surface area contributed by atoms with Crippen LogP contribution in [0.3, 0.4) is 0 Å². The van der Waals surface area contributed by atoms with Crippen molar-refractivity contribution in [2.24, 2.45) is 0 Å². The summed E-state index contributed by atoms with van der Waals surface area (Å²) in [6, 6.07) is 4.19. The summed E-state index contributed by atoms with van der Waals surface area (Å²) in [4.78, 5) is 10.9. The molecule has 2 rings (SSSR count). The van der Waals surface area contributed by atoms with Crippen molar-refractivity contribution in [2.75, 3.05) is 39.3 Å². The minimum absolute atomic E-state index is 0.681. The van der Waals surface area contributed by atoms with E-state index >= 15 is 0 Å². The van der Waals surface area contributed by atoms with Gasteiger partial charge in [0.2, 0.25) is 0 Å². The number of nitrogens with zero attached hydrogens (tertiary/aromatic N) is 4. The lowest BCUT2D eigenvalue weighted by atomic mass is 9.99. The van der Waals surface area contributed by atoms with Gasteiger partial charge in [0, 0.05) is 75.5 Å². The molecule has 160 valence electrons. The highest BCUT2D eigenvalue weighted by molar-refractivity contribution is 4.88. The normalized spacial score (nSPS) is 29.6. The molecule has 27 heavy (non-hydrogen) atoms. The molecular weight excluding hydrogens is 332 g/mol. The first-order chi connectivity index (χ1) is 12.7. The Morgan fingerprint density at radius 3 is 1.67 bits per heavy atom. The van der Waals surface area contributed by atoms with E-state index in [9.17, 15) is 0 Å². The average Bonchev–Trinajstić information content (AvgIpc) is 2.64. The predicted octanol–water partition coefficient (Wildman–Crippen LogP) is 3.76. The van der Waals surface area contributed by atoms with Crippen molar-refractivity contribution in [1.29, 1.82) is 0 Å². The maximum absolute atomic E-state index is 2.81. The van der Waals surface area contributed by atoms with Crippen LogP contribution in [-0.2, 0) is 0 Å². The Labute approximate surface area is 170 Å². The van der Waals surface area contributed by atoms with Crippen LogP contribution in [0.5, 0.6) is 0 Å². The molecule has 4 heteroatoms. The van der Waals surface area contributed by atoms with Gasteiger partial charge in [-0.1, -0.05) is 6.92 Å². The molecule has 0 aromatic rings. The maximum atomic E-state index is 2.81. The average molecular weight is 381 g/mol. The standard InChI is InChI=1S/C23H48N4/c1-9-23-17-25(19(4)5)13-15-27(23)21(7)11-10-20(6)26-14-12-24(18(2)3)16-22(26)8/h18-23H,9-17H2,1-8H3. The molecule has 0 aromatic heterocycles. The highest BCUT2D eigenvalue weighted by atomic mass is 15.3. The van der Waals surface area contributed by atoms with Gasteiger partial charge in [0.25, 0.3) is 0 Å². The van der Waals surface area contributed by atoms with Gasteiger partial charge in [-0.05, 0) is 67.7 Å². The molecule has 0 spiro atoms. The third-order valence-electron chi connectivity index (χ3n) is 7.34. The van der Waals surface area contributed by atoms with Crippen molar-refractivity contribution < 1.29 is 0 Å². The van der Waals surface area contributed by atoms with Crippen LogP contribution in [0.1, 0.15) is 74.7 Å². The Kier molecular flexibility index (Phi) is 9.05. The Hall–Kier alpha value is -0.160. The van der Waals surface area contributed by atoms with Crippen LogP contribution >= 0.6 is 0 Å². The van der Waals surface area contributed by atoms with E-state index in [0.29, 0.717) is 30.2 Å². The van der Waals surface area contributed by atoms with Crippen LogP contribution in [-0.4, -0.2) is 95.1 Å². The fourth-order valence-electron chi connectivity index (χ4n) is 5.24. The molecule has 4 unspecified atom stereocenters. The largest absolute Gasteiger partial charge is 0.298 e. The number of rotatable bonds is 8. The lowest BCUT2D eigenvalue weighted by molar-refractivity contribution is 0.0161.